The van der Waals surface area contributed by atoms with Crippen LogP contribution in [-0.4, -0.2) is 62.0 Å². The lowest BCUT2D eigenvalue weighted by atomic mass is 10.2. The molecule has 4 nitrogen and oxygen atoms in total. The number of amides is 1. The minimum absolute atomic E-state index is 0.896. The maximum absolute atomic E-state index is 10.5. The summed E-state index contributed by atoms with van der Waals surface area (Å²) in [5.41, 5.74) is 0. The molecule has 0 aromatic rings. The largest absolute Gasteiger partial charge is 0.343 e. The van der Waals surface area contributed by atoms with Crippen molar-refractivity contribution in [3.8, 4) is 0 Å². The molecule has 0 unspecified atom stereocenters. The highest BCUT2D eigenvalue weighted by Crippen LogP contribution is 2.00. The molecule has 4 heteroatoms. The van der Waals surface area contributed by atoms with E-state index in [4.69, 9.17) is 0 Å². The second-order valence-corrected chi connectivity index (χ2v) is 4.79. The first-order chi connectivity index (χ1) is 9.36. The van der Waals surface area contributed by atoms with Gasteiger partial charge in [0.1, 0.15) is 0 Å². The Hall–Kier alpha value is -0.610. The molecular formula is C15H33N3O. The van der Waals surface area contributed by atoms with Gasteiger partial charge in [0.25, 0.3) is 0 Å². The number of rotatable bonds is 9. The summed E-state index contributed by atoms with van der Waals surface area (Å²) in [5.74, 6) is 0. The molecule has 1 fully saturated rings. The number of piperazine rings is 1. The molecule has 1 amide bonds. The van der Waals surface area contributed by atoms with Crippen LogP contribution in [0.25, 0.3) is 0 Å². The summed E-state index contributed by atoms with van der Waals surface area (Å²) in [6, 6.07) is 0. The van der Waals surface area contributed by atoms with E-state index in [1.165, 1.54) is 25.7 Å². The van der Waals surface area contributed by atoms with Crippen molar-refractivity contribution in [2.75, 3.05) is 45.8 Å². The van der Waals surface area contributed by atoms with Crippen LogP contribution in [0, 0.1) is 0 Å². The van der Waals surface area contributed by atoms with Gasteiger partial charge in [-0.15, -0.1) is 0 Å². The number of carbonyl (C=O) groups is 1. The highest BCUT2D eigenvalue weighted by atomic mass is 16.1. The zero-order valence-corrected chi connectivity index (χ0v) is 13.2. The van der Waals surface area contributed by atoms with E-state index in [0.717, 1.165) is 52.2 Å². The summed E-state index contributed by atoms with van der Waals surface area (Å²) in [5, 5.41) is 3.49. The number of carbonyl (C=O) groups excluding carboxylic acids is 1. The van der Waals surface area contributed by atoms with E-state index in [1.807, 2.05) is 18.7 Å². The summed E-state index contributed by atoms with van der Waals surface area (Å²) < 4.78 is 0. The smallest absolute Gasteiger partial charge is 0.209 e. The van der Waals surface area contributed by atoms with Gasteiger partial charge in [-0.05, 0) is 32.5 Å². The van der Waals surface area contributed by atoms with E-state index in [9.17, 15) is 4.79 Å². The summed E-state index contributed by atoms with van der Waals surface area (Å²) >= 11 is 0. The zero-order valence-electron chi connectivity index (χ0n) is 13.2. The Morgan fingerprint density at radius 3 is 2.21 bits per heavy atom. The molecule has 1 heterocycles. The van der Waals surface area contributed by atoms with E-state index < -0.39 is 0 Å². The van der Waals surface area contributed by atoms with Crippen LogP contribution in [0.15, 0.2) is 0 Å². The van der Waals surface area contributed by atoms with Crippen molar-refractivity contribution in [1.29, 1.82) is 0 Å². The van der Waals surface area contributed by atoms with Gasteiger partial charge in [0.15, 0.2) is 0 Å². The molecule has 0 saturated carbocycles. The van der Waals surface area contributed by atoms with Crippen molar-refractivity contribution >= 4 is 6.41 Å². The Morgan fingerprint density at radius 2 is 1.63 bits per heavy atom. The molecule has 0 bridgehead atoms. The number of hydrogen-bond donors (Lipinski definition) is 1. The predicted molar refractivity (Wildman–Crippen MR) is 82.4 cm³/mol. The van der Waals surface area contributed by atoms with Crippen LogP contribution in [0.2, 0.25) is 0 Å². The predicted octanol–water partition coefficient (Wildman–Crippen LogP) is 1.96. The topological polar surface area (TPSA) is 35.6 Å². The van der Waals surface area contributed by atoms with Crippen molar-refractivity contribution in [1.82, 2.24) is 15.1 Å². The Morgan fingerprint density at radius 1 is 1.00 bits per heavy atom. The van der Waals surface area contributed by atoms with Crippen LogP contribution in [0.3, 0.4) is 0 Å². The lowest BCUT2D eigenvalue weighted by Crippen LogP contribution is -2.46. The quantitative estimate of drug-likeness (QED) is 0.514. The molecule has 1 aliphatic heterocycles. The van der Waals surface area contributed by atoms with Crippen LogP contribution in [0.5, 0.6) is 0 Å². The van der Waals surface area contributed by atoms with Gasteiger partial charge in [0, 0.05) is 26.2 Å². The van der Waals surface area contributed by atoms with Gasteiger partial charge >= 0.3 is 0 Å². The monoisotopic (exact) mass is 271 g/mol. The molecule has 0 aromatic carbocycles. The minimum atomic E-state index is 0.896. The molecule has 1 rings (SSSR count). The Balaban J connectivity index is 0.00000154. The van der Waals surface area contributed by atoms with Crippen molar-refractivity contribution in [2.24, 2.45) is 0 Å². The third-order valence-electron chi connectivity index (χ3n) is 3.34. The summed E-state index contributed by atoms with van der Waals surface area (Å²) in [4.78, 5) is 14.9. The fourth-order valence-electron chi connectivity index (χ4n) is 2.15. The molecule has 0 spiro atoms. The van der Waals surface area contributed by atoms with E-state index >= 15 is 0 Å². The fraction of sp³-hybridized carbons (Fsp3) is 0.933. The van der Waals surface area contributed by atoms with Gasteiger partial charge in [0.05, 0.1) is 0 Å². The van der Waals surface area contributed by atoms with Gasteiger partial charge in [-0.1, -0.05) is 33.6 Å². The SMILES string of the molecule is CC.CCCCCNCCCN1CCN(C=O)CC1. The molecule has 1 aliphatic rings. The van der Waals surface area contributed by atoms with Gasteiger partial charge in [-0.2, -0.15) is 0 Å². The van der Waals surface area contributed by atoms with Crippen molar-refractivity contribution < 1.29 is 4.79 Å². The zero-order chi connectivity index (χ0) is 14.3. The Bertz CT molecular complexity index is 192. The Labute approximate surface area is 119 Å². The van der Waals surface area contributed by atoms with Gasteiger partial charge in [-0.25, -0.2) is 0 Å². The average molecular weight is 271 g/mol. The van der Waals surface area contributed by atoms with Gasteiger partial charge < -0.3 is 10.2 Å². The Kier molecular flexibility index (Phi) is 13.4. The molecular weight excluding hydrogens is 238 g/mol. The minimum Gasteiger partial charge on any atom is -0.343 e. The maximum atomic E-state index is 10.5. The summed E-state index contributed by atoms with van der Waals surface area (Å²) in [6.07, 6.45) is 6.11. The normalized spacial score (nSPS) is 15.8. The molecule has 1 N–H and O–H groups in total. The molecule has 0 atom stereocenters. The highest BCUT2D eigenvalue weighted by molar-refractivity contribution is 5.47. The average Bonchev–Trinajstić information content (AvgIpc) is 2.49. The van der Waals surface area contributed by atoms with Crippen LogP contribution in [-0.2, 0) is 4.79 Å². The number of unbranched alkanes of at least 4 members (excludes halogenated alkanes) is 2. The number of hydrogen-bond acceptors (Lipinski definition) is 3. The third-order valence-corrected chi connectivity index (χ3v) is 3.34. The molecule has 114 valence electrons. The van der Waals surface area contributed by atoms with Crippen LogP contribution in [0.4, 0.5) is 0 Å². The van der Waals surface area contributed by atoms with Crippen molar-refractivity contribution in [3.05, 3.63) is 0 Å². The third kappa shape index (κ3) is 9.91. The molecule has 1 saturated heterocycles. The van der Waals surface area contributed by atoms with Crippen molar-refractivity contribution in [2.45, 2.75) is 46.5 Å². The maximum Gasteiger partial charge on any atom is 0.209 e. The van der Waals surface area contributed by atoms with Gasteiger partial charge in [0.2, 0.25) is 6.41 Å². The first kappa shape index (κ1) is 18.4. The first-order valence-corrected chi connectivity index (χ1v) is 7.99. The molecule has 19 heavy (non-hydrogen) atoms. The van der Waals surface area contributed by atoms with Crippen molar-refractivity contribution in [3.63, 3.8) is 0 Å². The van der Waals surface area contributed by atoms with Crippen LogP contribution >= 0.6 is 0 Å². The van der Waals surface area contributed by atoms with E-state index in [-0.39, 0.29) is 0 Å². The van der Waals surface area contributed by atoms with Crippen LogP contribution < -0.4 is 5.32 Å². The summed E-state index contributed by atoms with van der Waals surface area (Å²) in [6.45, 7) is 13.5. The molecule has 0 radical (unpaired) electrons. The first-order valence-electron chi connectivity index (χ1n) is 7.99. The van der Waals surface area contributed by atoms with Gasteiger partial charge in [-0.3, -0.25) is 9.69 Å². The van der Waals surface area contributed by atoms with E-state index in [1.54, 1.807) is 0 Å². The lowest BCUT2D eigenvalue weighted by Gasteiger charge is -2.32. The fourth-order valence-corrected chi connectivity index (χ4v) is 2.15. The second kappa shape index (κ2) is 13.8. The second-order valence-electron chi connectivity index (χ2n) is 4.79. The number of nitrogens with one attached hydrogen (secondary N) is 1. The van der Waals surface area contributed by atoms with Crippen LogP contribution in [0.1, 0.15) is 46.5 Å². The lowest BCUT2D eigenvalue weighted by molar-refractivity contribution is -0.119. The highest BCUT2D eigenvalue weighted by Gasteiger charge is 2.14. The van der Waals surface area contributed by atoms with E-state index in [0.29, 0.717) is 0 Å². The molecule has 0 aliphatic carbocycles. The number of nitrogens with zero attached hydrogens (tertiary/aromatic N) is 2. The molecule has 0 aromatic heterocycles. The standard InChI is InChI=1S/C13H27N3O.C2H6/c1-2-3-4-6-14-7-5-8-15-9-11-16(13-17)12-10-15;1-2/h13-14H,2-12H2,1H3;1-2H3. The summed E-state index contributed by atoms with van der Waals surface area (Å²) in [7, 11) is 0. The van der Waals surface area contributed by atoms with E-state index in [2.05, 4.69) is 17.1 Å².